The van der Waals surface area contributed by atoms with Crippen LogP contribution < -0.4 is 5.32 Å². The van der Waals surface area contributed by atoms with Gasteiger partial charge in [0.05, 0.1) is 5.02 Å². The molecule has 0 atom stereocenters. The first-order valence-corrected chi connectivity index (χ1v) is 6.77. The molecule has 1 N–H and O–H groups in total. The highest BCUT2D eigenvalue weighted by molar-refractivity contribution is 6.32. The predicted octanol–water partition coefficient (Wildman–Crippen LogP) is 3.02. The fraction of sp³-hybridized carbons (Fsp3) is 0.615. The molecule has 1 aliphatic heterocycles. The molecule has 0 amide bonds. The molecule has 94 valence electrons. The summed E-state index contributed by atoms with van der Waals surface area (Å²) in [6, 6.07) is 4.25. The van der Waals surface area contributed by atoms with Gasteiger partial charge in [0, 0.05) is 25.3 Å². The summed E-state index contributed by atoms with van der Waals surface area (Å²) in [6.07, 6.45) is 5.37. The Bertz CT molecular complexity index is 348. The Morgan fingerprint density at radius 3 is 2.88 bits per heavy atom. The first kappa shape index (κ1) is 12.7. The van der Waals surface area contributed by atoms with E-state index < -0.39 is 0 Å². The van der Waals surface area contributed by atoms with Gasteiger partial charge in [0.15, 0.2) is 0 Å². The van der Waals surface area contributed by atoms with Crippen molar-refractivity contribution < 1.29 is 0 Å². The van der Waals surface area contributed by atoms with Gasteiger partial charge in [0.25, 0.3) is 0 Å². The number of anilines is 1. The van der Waals surface area contributed by atoms with E-state index in [0.717, 1.165) is 5.82 Å². The molecule has 17 heavy (non-hydrogen) atoms. The molecule has 0 aromatic carbocycles. The molecule has 0 aliphatic carbocycles. The van der Waals surface area contributed by atoms with Crippen molar-refractivity contribution in [1.29, 1.82) is 0 Å². The van der Waals surface area contributed by atoms with Crippen LogP contribution in [0.15, 0.2) is 18.3 Å². The van der Waals surface area contributed by atoms with Gasteiger partial charge in [0.1, 0.15) is 5.82 Å². The molecular weight excluding hydrogens is 234 g/mol. The zero-order chi connectivity index (χ0) is 12.1. The van der Waals surface area contributed by atoms with Crippen LogP contribution in [0.2, 0.25) is 5.02 Å². The second-order valence-electron chi connectivity index (χ2n) is 4.59. The number of likely N-dealkylation sites (tertiary alicyclic amines) is 1. The van der Waals surface area contributed by atoms with E-state index in [4.69, 9.17) is 11.6 Å². The molecule has 3 nitrogen and oxygen atoms in total. The third kappa shape index (κ3) is 3.58. The number of pyridine rings is 1. The van der Waals surface area contributed by atoms with Crippen molar-refractivity contribution >= 4 is 17.4 Å². The molecule has 1 aliphatic rings. The van der Waals surface area contributed by atoms with E-state index >= 15 is 0 Å². The number of nitrogens with zero attached hydrogens (tertiary/aromatic N) is 2. The number of nitrogens with one attached hydrogen (secondary N) is 1. The Morgan fingerprint density at radius 1 is 1.47 bits per heavy atom. The topological polar surface area (TPSA) is 28.2 Å². The van der Waals surface area contributed by atoms with Gasteiger partial charge in [-0.1, -0.05) is 18.5 Å². The molecule has 2 rings (SSSR count). The number of aromatic nitrogens is 1. The SMILES string of the molecule is CCCN1CCC(Nc2ncccc2Cl)CC1. The fourth-order valence-electron chi connectivity index (χ4n) is 2.30. The summed E-state index contributed by atoms with van der Waals surface area (Å²) >= 11 is 6.09. The highest BCUT2D eigenvalue weighted by Crippen LogP contribution is 2.21. The van der Waals surface area contributed by atoms with E-state index in [0.29, 0.717) is 11.1 Å². The summed E-state index contributed by atoms with van der Waals surface area (Å²) in [6.45, 7) is 5.81. The van der Waals surface area contributed by atoms with Crippen molar-refractivity contribution in [3.8, 4) is 0 Å². The lowest BCUT2D eigenvalue weighted by atomic mass is 10.0. The Morgan fingerprint density at radius 2 is 2.24 bits per heavy atom. The minimum absolute atomic E-state index is 0.510. The van der Waals surface area contributed by atoms with Crippen LogP contribution in [0.4, 0.5) is 5.82 Å². The lowest BCUT2D eigenvalue weighted by molar-refractivity contribution is 0.219. The van der Waals surface area contributed by atoms with Gasteiger partial charge < -0.3 is 10.2 Å². The average Bonchev–Trinajstić information content (AvgIpc) is 2.35. The second kappa shape index (κ2) is 6.22. The van der Waals surface area contributed by atoms with Crippen molar-refractivity contribution in [3.05, 3.63) is 23.4 Å². The minimum Gasteiger partial charge on any atom is -0.366 e. The zero-order valence-corrected chi connectivity index (χ0v) is 11.1. The Hall–Kier alpha value is -0.800. The maximum absolute atomic E-state index is 6.09. The summed E-state index contributed by atoms with van der Waals surface area (Å²) in [5, 5.41) is 4.15. The van der Waals surface area contributed by atoms with Crippen LogP contribution in [-0.2, 0) is 0 Å². The molecule has 1 saturated heterocycles. The third-order valence-electron chi connectivity index (χ3n) is 3.23. The molecule has 4 heteroatoms. The van der Waals surface area contributed by atoms with Gasteiger partial charge in [-0.3, -0.25) is 0 Å². The Balaban J connectivity index is 1.84. The molecule has 2 heterocycles. The molecule has 0 radical (unpaired) electrons. The van der Waals surface area contributed by atoms with Crippen LogP contribution >= 0.6 is 11.6 Å². The Labute approximate surface area is 108 Å². The Kier molecular flexibility index (Phi) is 4.63. The number of hydrogen-bond acceptors (Lipinski definition) is 3. The second-order valence-corrected chi connectivity index (χ2v) is 5.00. The van der Waals surface area contributed by atoms with E-state index in [2.05, 4.69) is 22.1 Å². The molecule has 1 aromatic rings. The molecule has 1 fully saturated rings. The normalized spacial score (nSPS) is 18.2. The maximum Gasteiger partial charge on any atom is 0.144 e. The molecular formula is C13H20ClN3. The monoisotopic (exact) mass is 253 g/mol. The first-order chi connectivity index (χ1) is 8.29. The fourth-order valence-corrected chi connectivity index (χ4v) is 2.48. The molecule has 0 bridgehead atoms. The molecule has 0 saturated carbocycles. The van der Waals surface area contributed by atoms with E-state index in [1.807, 2.05) is 12.1 Å². The van der Waals surface area contributed by atoms with Crippen molar-refractivity contribution in [2.45, 2.75) is 32.2 Å². The first-order valence-electron chi connectivity index (χ1n) is 6.39. The number of piperidine rings is 1. The average molecular weight is 254 g/mol. The number of halogens is 1. The summed E-state index contributed by atoms with van der Waals surface area (Å²) in [4.78, 5) is 6.80. The lowest BCUT2D eigenvalue weighted by Crippen LogP contribution is -2.39. The van der Waals surface area contributed by atoms with Crippen LogP contribution in [0.5, 0.6) is 0 Å². The largest absolute Gasteiger partial charge is 0.366 e. The summed E-state index contributed by atoms with van der Waals surface area (Å²) in [5.74, 6) is 0.822. The van der Waals surface area contributed by atoms with Crippen molar-refractivity contribution in [2.24, 2.45) is 0 Å². The maximum atomic E-state index is 6.09. The van der Waals surface area contributed by atoms with Gasteiger partial charge in [-0.2, -0.15) is 0 Å². The zero-order valence-electron chi connectivity index (χ0n) is 10.3. The quantitative estimate of drug-likeness (QED) is 0.894. The number of hydrogen-bond donors (Lipinski definition) is 1. The molecule has 0 unspecified atom stereocenters. The van der Waals surface area contributed by atoms with Crippen molar-refractivity contribution in [1.82, 2.24) is 9.88 Å². The predicted molar refractivity (Wildman–Crippen MR) is 72.6 cm³/mol. The van der Waals surface area contributed by atoms with Gasteiger partial charge in [-0.25, -0.2) is 4.98 Å². The van der Waals surface area contributed by atoms with Gasteiger partial charge in [-0.05, 0) is 37.9 Å². The van der Waals surface area contributed by atoms with Crippen LogP contribution in [0, 0.1) is 0 Å². The third-order valence-corrected chi connectivity index (χ3v) is 3.53. The molecule has 0 spiro atoms. The van der Waals surface area contributed by atoms with E-state index in [1.165, 1.54) is 38.9 Å². The highest BCUT2D eigenvalue weighted by atomic mass is 35.5. The van der Waals surface area contributed by atoms with E-state index in [1.54, 1.807) is 6.20 Å². The summed E-state index contributed by atoms with van der Waals surface area (Å²) in [5.41, 5.74) is 0. The smallest absolute Gasteiger partial charge is 0.144 e. The van der Waals surface area contributed by atoms with Crippen LogP contribution in [-0.4, -0.2) is 35.6 Å². The van der Waals surface area contributed by atoms with Crippen molar-refractivity contribution in [3.63, 3.8) is 0 Å². The van der Waals surface area contributed by atoms with Gasteiger partial charge >= 0.3 is 0 Å². The summed E-state index contributed by atoms with van der Waals surface area (Å²) < 4.78 is 0. The van der Waals surface area contributed by atoms with Crippen LogP contribution in [0.25, 0.3) is 0 Å². The standard InChI is InChI=1S/C13H20ClN3/c1-2-8-17-9-5-11(6-10-17)16-13-12(14)4-3-7-15-13/h3-4,7,11H,2,5-6,8-10H2,1H3,(H,15,16). The number of rotatable bonds is 4. The highest BCUT2D eigenvalue weighted by Gasteiger charge is 2.19. The van der Waals surface area contributed by atoms with Crippen LogP contribution in [0.1, 0.15) is 26.2 Å². The van der Waals surface area contributed by atoms with Gasteiger partial charge in [-0.15, -0.1) is 0 Å². The summed E-state index contributed by atoms with van der Waals surface area (Å²) in [7, 11) is 0. The van der Waals surface area contributed by atoms with Crippen molar-refractivity contribution in [2.75, 3.05) is 25.0 Å². The lowest BCUT2D eigenvalue weighted by Gasteiger charge is -2.32. The molecule has 1 aromatic heterocycles. The van der Waals surface area contributed by atoms with E-state index in [-0.39, 0.29) is 0 Å². The van der Waals surface area contributed by atoms with Crippen LogP contribution in [0.3, 0.4) is 0 Å². The van der Waals surface area contributed by atoms with Gasteiger partial charge in [0.2, 0.25) is 0 Å². The van der Waals surface area contributed by atoms with E-state index in [9.17, 15) is 0 Å². The minimum atomic E-state index is 0.510.